The van der Waals surface area contributed by atoms with Crippen molar-refractivity contribution in [3.8, 4) is 17.2 Å². The van der Waals surface area contributed by atoms with Gasteiger partial charge in [0.25, 0.3) is 5.91 Å². The minimum Gasteiger partial charge on any atom is -0.503 e. The molecule has 1 amide bonds. The van der Waals surface area contributed by atoms with Crippen LogP contribution in [0.3, 0.4) is 0 Å². The van der Waals surface area contributed by atoms with Gasteiger partial charge in [-0.15, -0.1) is 0 Å². The summed E-state index contributed by atoms with van der Waals surface area (Å²) >= 11 is 1.60. The van der Waals surface area contributed by atoms with Crippen LogP contribution in [0.4, 0.5) is 5.69 Å². The number of benzene rings is 2. The topological polar surface area (TPSA) is 81.4 Å². The molecule has 1 aromatic heterocycles. The van der Waals surface area contributed by atoms with Crippen LogP contribution in [-0.2, 0) is 9.59 Å². The van der Waals surface area contributed by atoms with Crippen LogP contribution < -0.4 is 4.90 Å². The lowest BCUT2D eigenvalue weighted by Crippen LogP contribution is -2.35. The quantitative estimate of drug-likeness (QED) is 0.651. The third-order valence-electron chi connectivity index (χ3n) is 5.87. The predicted octanol–water partition coefficient (Wildman–Crippen LogP) is 4.87. The molecule has 1 aliphatic carbocycles. The lowest BCUT2D eigenvalue weighted by atomic mass is 9.75. The Morgan fingerprint density at radius 1 is 1.07 bits per heavy atom. The van der Waals surface area contributed by atoms with Crippen molar-refractivity contribution in [1.82, 2.24) is 0 Å². The summed E-state index contributed by atoms with van der Waals surface area (Å²) in [5.41, 5.74) is 4.46. The largest absolute Gasteiger partial charge is 0.503 e. The fraction of sp³-hybridized carbons (Fsp3) is 0.125. The Morgan fingerprint density at radius 2 is 1.83 bits per heavy atom. The summed E-state index contributed by atoms with van der Waals surface area (Å²) < 4.78 is 0. The molecule has 2 unspecified atom stereocenters. The molecule has 5 rings (SSSR count). The number of amides is 1. The van der Waals surface area contributed by atoms with Gasteiger partial charge in [-0.2, -0.15) is 16.6 Å². The van der Waals surface area contributed by atoms with Crippen molar-refractivity contribution in [3.05, 3.63) is 87.3 Å². The van der Waals surface area contributed by atoms with Crippen molar-refractivity contribution in [2.45, 2.75) is 18.9 Å². The number of carbonyl (C=O) groups excluding carboxylic acids is 2. The van der Waals surface area contributed by atoms with Gasteiger partial charge in [0.15, 0.2) is 11.5 Å². The first kappa shape index (κ1) is 18.3. The Kier molecular flexibility index (Phi) is 4.09. The zero-order chi connectivity index (χ0) is 21.0. The molecule has 3 aromatic rings. The molecule has 1 N–H and O–H groups in total. The van der Waals surface area contributed by atoms with Crippen LogP contribution in [0.2, 0.25) is 0 Å². The summed E-state index contributed by atoms with van der Waals surface area (Å²) in [5, 5.41) is 24.3. The van der Waals surface area contributed by atoms with E-state index in [1.54, 1.807) is 42.5 Å². The van der Waals surface area contributed by atoms with Crippen molar-refractivity contribution in [2.75, 3.05) is 4.90 Å². The number of hydrogen-bond donors (Lipinski definition) is 1. The van der Waals surface area contributed by atoms with E-state index in [1.807, 2.05) is 35.0 Å². The standard InChI is InChI=1S/C24H16N2O3S/c1-13-18-4-2-3-15(11-25)19(18)21-20(22(13)27)23(28)24(29)26(21)17-7-5-14(6-8-17)16-9-10-30-12-16/h2-10,12-13,21,28H,1H3. The summed E-state index contributed by atoms with van der Waals surface area (Å²) in [4.78, 5) is 27.5. The van der Waals surface area contributed by atoms with Gasteiger partial charge in [0, 0.05) is 17.2 Å². The number of hydrogen-bond acceptors (Lipinski definition) is 5. The molecular formula is C24H16N2O3S. The number of anilines is 1. The fourth-order valence-electron chi connectivity index (χ4n) is 4.38. The molecule has 6 heteroatoms. The second-order valence-corrected chi connectivity index (χ2v) is 8.19. The highest BCUT2D eigenvalue weighted by atomic mass is 32.1. The summed E-state index contributed by atoms with van der Waals surface area (Å²) in [7, 11) is 0. The Balaban J connectivity index is 1.68. The number of rotatable bonds is 2. The number of thiophene rings is 1. The SMILES string of the molecule is CC1C(=O)C2=C(O)C(=O)N(c3ccc(-c4ccsc4)cc3)C2c2c(C#N)cccc21. The minimum atomic E-state index is -0.806. The van der Waals surface area contributed by atoms with E-state index in [9.17, 15) is 20.0 Å². The van der Waals surface area contributed by atoms with Gasteiger partial charge in [-0.05, 0) is 51.7 Å². The molecule has 5 nitrogen and oxygen atoms in total. The van der Waals surface area contributed by atoms with E-state index in [4.69, 9.17) is 0 Å². The first-order valence-corrected chi connectivity index (χ1v) is 10.4. The molecule has 0 radical (unpaired) electrons. The number of aliphatic hydroxyl groups excluding tert-OH is 1. The normalized spacial score (nSPS) is 20.2. The number of nitrogens with zero attached hydrogens (tertiary/aromatic N) is 2. The Hall–Kier alpha value is -3.69. The van der Waals surface area contributed by atoms with Crippen molar-refractivity contribution in [1.29, 1.82) is 5.26 Å². The zero-order valence-electron chi connectivity index (χ0n) is 16.0. The number of nitriles is 1. The van der Waals surface area contributed by atoms with Crippen molar-refractivity contribution in [2.24, 2.45) is 0 Å². The minimum absolute atomic E-state index is 0.0737. The number of aliphatic hydroxyl groups is 1. The molecule has 0 bridgehead atoms. The molecule has 2 aromatic carbocycles. The summed E-state index contributed by atoms with van der Waals surface area (Å²) in [6.45, 7) is 1.74. The number of ketones is 1. The van der Waals surface area contributed by atoms with E-state index < -0.39 is 23.6 Å². The maximum Gasteiger partial charge on any atom is 0.294 e. The van der Waals surface area contributed by atoms with E-state index >= 15 is 0 Å². The maximum atomic E-state index is 13.0. The molecule has 0 spiro atoms. The zero-order valence-corrected chi connectivity index (χ0v) is 16.8. The lowest BCUT2D eigenvalue weighted by molar-refractivity contribution is -0.118. The monoisotopic (exact) mass is 412 g/mol. The highest BCUT2D eigenvalue weighted by Gasteiger charge is 2.50. The first-order chi connectivity index (χ1) is 14.5. The van der Waals surface area contributed by atoms with Crippen LogP contribution in [-0.4, -0.2) is 16.8 Å². The van der Waals surface area contributed by atoms with Gasteiger partial charge < -0.3 is 5.11 Å². The number of carbonyl (C=O) groups is 2. The van der Waals surface area contributed by atoms with Gasteiger partial charge >= 0.3 is 0 Å². The van der Waals surface area contributed by atoms with Crippen LogP contribution >= 0.6 is 11.3 Å². The number of Topliss-reactive ketones (excluding diaryl/α,β-unsaturated/α-hetero) is 1. The van der Waals surface area contributed by atoms with Crippen LogP contribution in [0.25, 0.3) is 11.1 Å². The Morgan fingerprint density at radius 3 is 2.50 bits per heavy atom. The summed E-state index contributed by atoms with van der Waals surface area (Å²) in [6, 6.07) is 16.0. The molecule has 0 saturated heterocycles. The van der Waals surface area contributed by atoms with Gasteiger partial charge in [-0.1, -0.05) is 31.2 Å². The van der Waals surface area contributed by atoms with E-state index in [-0.39, 0.29) is 11.4 Å². The molecular weight excluding hydrogens is 396 g/mol. The molecule has 1 aliphatic heterocycles. The highest BCUT2D eigenvalue weighted by Crippen LogP contribution is 2.49. The highest BCUT2D eigenvalue weighted by molar-refractivity contribution is 7.08. The van der Waals surface area contributed by atoms with E-state index in [0.717, 1.165) is 16.7 Å². The van der Waals surface area contributed by atoms with Crippen molar-refractivity contribution >= 4 is 28.7 Å². The van der Waals surface area contributed by atoms with Crippen LogP contribution in [0, 0.1) is 11.3 Å². The molecule has 0 saturated carbocycles. The molecule has 0 fully saturated rings. The van der Waals surface area contributed by atoms with E-state index in [2.05, 4.69) is 6.07 Å². The van der Waals surface area contributed by atoms with E-state index in [1.165, 1.54) is 4.90 Å². The average molecular weight is 412 g/mol. The smallest absolute Gasteiger partial charge is 0.294 e. The average Bonchev–Trinajstić information content (AvgIpc) is 3.39. The van der Waals surface area contributed by atoms with Crippen LogP contribution in [0.1, 0.15) is 35.6 Å². The predicted molar refractivity (Wildman–Crippen MR) is 114 cm³/mol. The van der Waals surface area contributed by atoms with Gasteiger partial charge in [-0.3, -0.25) is 14.5 Å². The molecule has 2 heterocycles. The van der Waals surface area contributed by atoms with Gasteiger partial charge in [0.1, 0.15) is 0 Å². The van der Waals surface area contributed by atoms with Gasteiger partial charge in [0.2, 0.25) is 0 Å². The molecule has 30 heavy (non-hydrogen) atoms. The summed E-state index contributed by atoms with van der Waals surface area (Å²) in [5.74, 6) is -1.97. The molecule has 2 aliphatic rings. The number of fused-ring (bicyclic) bond motifs is 3. The van der Waals surface area contributed by atoms with Crippen molar-refractivity contribution in [3.63, 3.8) is 0 Å². The van der Waals surface area contributed by atoms with Crippen LogP contribution in [0.15, 0.2) is 70.6 Å². The van der Waals surface area contributed by atoms with Gasteiger partial charge in [-0.25, -0.2) is 0 Å². The first-order valence-electron chi connectivity index (χ1n) is 9.49. The van der Waals surface area contributed by atoms with E-state index in [0.29, 0.717) is 16.8 Å². The molecule has 146 valence electrons. The fourth-order valence-corrected chi connectivity index (χ4v) is 5.04. The van der Waals surface area contributed by atoms with Crippen molar-refractivity contribution < 1.29 is 14.7 Å². The maximum absolute atomic E-state index is 13.0. The third kappa shape index (κ3) is 2.46. The van der Waals surface area contributed by atoms with Crippen LogP contribution in [0.5, 0.6) is 0 Å². The summed E-state index contributed by atoms with van der Waals surface area (Å²) in [6.07, 6.45) is 0. The lowest BCUT2D eigenvalue weighted by Gasteiger charge is -2.34. The second kappa shape index (κ2) is 6.68. The Labute approximate surface area is 177 Å². The third-order valence-corrected chi connectivity index (χ3v) is 6.55. The van der Waals surface area contributed by atoms with Gasteiger partial charge in [0.05, 0.1) is 23.2 Å². The Bertz CT molecular complexity index is 1270. The second-order valence-electron chi connectivity index (χ2n) is 7.41. The molecule has 2 atom stereocenters.